The maximum absolute atomic E-state index is 11.5. The number of aliphatic carboxylic acids is 1. The van der Waals surface area contributed by atoms with Crippen LogP contribution in [0.3, 0.4) is 0 Å². The predicted molar refractivity (Wildman–Crippen MR) is 60.1 cm³/mol. The maximum Gasteiger partial charge on any atom is 0.309 e. The molecule has 0 unspecified atom stereocenters. The zero-order valence-electron chi connectivity index (χ0n) is 9.65. The molecule has 1 aliphatic carbocycles. The lowest BCUT2D eigenvalue weighted by atomic mass is 9.71. The Morgan fingerprint density at radius 3 is 2.69 bits per heavy atom. The van der Waals surface area contributed by atoms with E-state index in [0.717, 1.165) is 31.2 Å². The lowest BCUT2D eigenvalue weighted by molar-refractivity contribution is -0.151. The Hall–Kier alpha value is -1.32. The van der Waals surface area contributed by atoms with Gasteiger partial charge >= 0.3 is 5.97 Å². The van der Waals surface area contributed by atoms with Crippen LogP contribution < -0.4 is 0 Å². The second-order valence-corrected chi connectivity index (χ2v) is 4.85. The summed E-state index contributed by atoms with van der Waals surface area (Å²) in [6.07, 6.45) is 9.16. The highest BCUT2D eigenvalue weighted by molar-refractivity contribution is 5.75. The van der Waals surface area contributed by atoms with Crippen LogP contribution in [-0.2, 0) is 18.3 Å². The minimum atomic E-state index is -0.643. The van der Waals surface area contributed by atoms with Crippen molar-refractivity contribution in [3.8, 4) is 0 Å². The standard InChI is InChI=1S/C12H18N2O2/c1-14-9-10(8-13-14)7-12(11(15)16)5-3-2-4-6-12/h8-9H,2-7H2,1H3,(H,15,16). The van der Waals surface area contributed by atoms with E-state index < -0.39 is 11.4 Å². The monoisotopic (exact) mass is 222 g/mol. The van der Waals surface area contributed by atoms with Crippen molar-refractivity contribution in [2.75, 3.05) is 0 Å². The Balaban J connectivity index is 2.16. The summed E-state index contributed by atoms with van der Waals surface area (Å²) in [6, 6.07) is 0. The summed E-state index contributed by atoms with van der Waals surface area (Å²) in [5.74, 6) is -0.643. The number of hydrogen-bond donors (Lipinski definition) is 1. The maximum atomic E-state index is 11.5. The molecule has 2 rings (SSSR count). The van der Waals surface area contributed by atoms with Crippen molar-refractivity contribution < 1.29 is 9.90 Å². The Morgan fingerprint density at radius 1 is 1.50 bits per heavy atom. The van der Waals surface area contributed by atoms with Crippen LogP contribution in [0.25, 0.3) is 0 Å². The molecule has 0 radical (unpaired) electrons. The van der Waals surface area contributed by atoms with Gasteiger partial charge in [-0.25, -0.2) is 0 Å². The summed E-state index contributed by atoms with van der Waals surface area (Å²) in [6.45, 7) is 0. The molecule has 1 N–H and O–H groups in total. The molecule has 0 atom stereocenters. The molecule has 0 aromatic carbocycles. The van der Waals surface area contributed by atoms with E-state index >= 15 is 0 Å². The molecule has 1 saturated carbocycles. The largest absolute Gasteiger partial charge is 0.481 e. The SMILES string of the molecule is Cn1cc(CC2(C(=O)O)CCCCC2)cn1. The van der Waals surface area contributed by atoms with Crippen LogP contribution in [-0.4, -0.2) is 20.9 Å². The minimum Gasteiger partial charge on any atom is -0.481 e. The van der Waals surface area contributed by atoms with Crippen LogP contribution >= 0.6 is 0 Å². The van der Waals surface area contributed by atoms with E-state index in [0.29, 0.717) is 6.42 Å². The number of aromatic nitrogens is 2. The van der Waals surface area contributed by atoms with Crippen LogP contribution in [0.5, 0.6) is 0 Å². The summed E-state index contributed by atoms with van der Waals surface area (Å²) in [5, 5.41) is 13.5. The Labute approximate surface area is 95.3 Å². The summed E-state index contributed by atoms with van der Waals surface area (Å²) in [4.78, 5) is 11.5. The van der Waals surface area contributed by atoms with Crippen molar-refractivity contribution in [1.29, 1.82) is 0 Å². The number of rotatable bonds is 3. The third-order valence-corrected chi connectivity index (χ3v) is 3.57. The van der Waals surface area contributed by atoms with E-state index in [9.17, 15) is 9.90 Å². The van der Waals surface area contributed by atoms with Gasteiger partial charge in [-0.2, -0.15) is 5.10 Å². The Kier molecular flexibility index (Phi) is 2.99. The Morgan fingerprint density at radius 2 is 2.19 bits per heavy atom. The number of carboxylic acids is 1. The van der Waals surface area contributed by atoms with Crippen LogP contribution in [0.4, 0.5) is 0 Å². The quantitative estimate of drug-likeness (QED) is 0.851. The van der Waals surface area contributed by atoms with Crippen molar-refractivity contribution in [3.05, 3.63) is 18.0 Å². The predicted octanol–water partition coefficient (Wildman–Crippen LogP) is 2.00. The molecule has 88 valence electrons. The molecule has 0 saturated heterocycles. The van der Waals surface area contributed by atoms with Gasteiger partial charge in [-0.15, -0.1) is 0 Å². The van der Waals surface area contributed by atoms with Gasteiger partial charge in [-0.3, -0.25) is 9.48 Å². The molecule has 0 spiro atoms. The average molecular weight is 222 g/mol. The van der Waals surface area contributed by atoms with Crippen LogP contribution in [0.15, 0.2) is 12.4 Å². The normalized spacial score (nSPS) is 19.6. The van der Waals surface area contributed by atoms with Crippen LogP contribution in [0, 0.1) is 5.41 Å². The van der Waals surface area contributed by atoms with E-state index in [2.05, 4.69) is 5.10 Å². The van der Waals surface area contributed by atoms with Gasteiger partial charge in [0.05, 0.1) is 11.6 Å². The highest BCUT2D eigenvalue weighted by Crippen LogP contribution is 2.39. The zero-order chi connectivity index (χ0) is 11.6. The fourth-order valence-electron chi connectivity index (χ4n) is 2.65. The smallest absolute Gasteiger partial charge is 0.309 e. The summed E-state index contributed by atoms with van der Waals surface area (Å²) in [5.41, 5.74) is 0.494. The van der Waals surface area contributed by atoms with Crippen molar-refractivity contribution in [3.63, 3.8) is 0 Å². The summed E-state index contributed by atoms with van der Waals surface area (Å²) < 4.78 is 1.73. The highest BCUT2D eigenvalue weighted by Gasteiger charge is 2.39. The van der Waals surface area contributed by atoms with Crippen molar-refractivity contribution in [2.24, 2.45) is 12.5 Å². The highest BCUT2D eigenvalue weighted by atomic mass is 16.4. The fraction of sp³-hybridized carbons (Fsp3) is 0.667. The van der Waals surface area contributed by atoms with Crippen molar-refractivity contribution in [1.82, 2.24) is 9.78 Å². The molecular weight excluding hydrogens is 204 g/mol. The molecule has 1 heterocycles. The fourth-order valence-corrected chi connectivity index (χ4v) is 2.65. The topological polar surface area (TPSA) is 55.1 Å². The first-order valence-corrected chi connectivity index (χ1v) is 5.83. The lowest BCUT2D eigenvalue weighted by Crippen LogP contribution is -2.35. The summed E-state index contributed by atoms with van der Waals surface area (Å²) >= 11 is 0. The average Bonchev–Trinajstić information content (AvgIpc) is 2.65. The third-order valence-electron chi connectivity index (χ3n) is 3.57. The Bertz CT molecular complexity index is 378. The second kappa shape index (κ2) is 4.28. The van der Waals surface area contributed by atoms with E-state index in [4.69, 9.17) is 0 Å². The van der Waals surface area contributed by atoms with Gasteiger partial charge in [0.15, 0.2) is 0 Å². The molecule has 1 fully saturated rings. The number of aryl methyl sites for hydroxylation is 1. The van der Waals surface area contributed by atoms with E-state index in [1.165, 1.54) is 6.42 Å². The molecule has 0 aliphatic heterocycles. The van der Waals surface area contributed by atoms with Gasteiger partial charge in [-0.05, 0) is 24.8 Å². The van der Waals surface area contributed by atoms with Crippen molar-refractivity contribution in [2.45, 2.75) is 38.5 Å². The molecule has 16 heavy (non-hydrogen) atoms. The lowest BCUT2D eigenvalue weighted by Gasteiger charge is -2.32. The minimum absolute atomic E-state index is 0.540. The van der Waals surface area contributed by atoms with Crippen molar-refractivity contribution >= 4 is 5.97 Å². The van der Waals surface area contributed by atoms with Gasteiger partial charge in [0.25, 0.3) is 0 Å². The van der Waals surface area contributed by atoms with Gasteiger partial charge in [0, 0.05) is 13.2 Å². The first kappa shape index (κ1) is 11.2. The molecule has 4 nitrogen and oxygen atoms in total. The second-order valence-electron chi connectivity index (χ2n) is 4.85. The molecule has 0 bridgehead atoms. The molecule has 0 amide bonds. The van der Waals surface area contributed by atoms with Crippen LogP contribution in [0.2, 0.25) is 0 Å². The first-order chi connectivity index (χ1) is 7.62. The van der Waals surface area contributed by atoms with Gasteiger partial charge in [0.2, 0.25) is 0 Å². The molecule has 1 aromatic heterocycles. The van der Waals surface area contributed by atoms with Gasteiger partial charge < -0.3 is 5.11 Å². The zero-order valence-corrected chi connectivity index (χ0v) is 9.65. The molecule has 1 aliphatic rings. The third kappa shape index (κ3) is 2.10. The van der Waals surface area contributed by atoms with E-state index in [1.54, 1.807) is 10.9 Å². The summed E-state index contributed by atoms with van der Waals surface area (Å²) in [7, 11) is 1.86. The molecular formula is C12H18N2O2. The van der Waals surface area contributed by atoms with Gasteiger partial charge in [0.1, 0.15) is 0 Å². The number of carboxylic acid groups (broad SMARTS) is 1. The number of nitrogens with zero attached hydrogens (tertiary/aromatic N) is 2. The number of hydrogen-bond acceptors (Lipinski definition) is 2. The van der Waals surface area contributed by atoms with E-state index in [-0.39, 0.29) is 0 Å². The van der Waals surface area contributed by atoms with Crippen LogP contribution in [0.1, 0.15) is 37.7 Å². The number of carbonyl (C=O) groups is 1. The molecule has 1 aromatic rings. The van der Waals surface area contributed by atoms with Gasteiger partial charge in [-0.1, -0.05) is 19.3 Å². The molecule has 4 heteroatoms. The first-order valence-electron chi connectivity index (χ1n) is 5.83. The van der Waals surface area contributed by atoms with E-state index in [1.807, 2.05) is 13.2 Å².